The molecule has 0 aliphatic carbocycles. The molecule has 0 saturated carbocycles. The van der Waals surface area contributed by atoms with Crippen molar-refractivity contribution in [2.75, 3.05) is 26.5 Å². The molecule has 1 aromatic heterocycles. The van der Waals surface area contributed by atoms with Gasteiger partial charge in [0.15, 0.2) is 5.16 Å². The molecule has 0 atom stereocenters. The monoisotopic (exact) mass is 461 g/mol. The highest BCUT2D eigenvalue weighted by molar-refractivity contribution is 7.99. The van der Waals surface area contributed by atoms with Gasteiger partial charge in [-0.15, -0.1) is 0 Å². The van der Waals surface area contributed by atoms with Crippen molar-refractivity contribution in [1.82, 2.24) is 14.9 Å². The van der Waals surface area contributed by atoms with Crippen molar-refractivity contribution < 1.29 is 19.1 Å². The molecule has 3 aromatic rings. The number of amides is 1. The number of ether oxygens (including phenoxy) is 2. The highest BCUT2D eigenvalue weighted by Crippen LogP contribution is 2.28. The molecule has 1 N–H and O–H groups in total. The third kappa shape index (κ3) is 5.18. The summed E-state index contributed by atoms with van der Waals surface area (Å²) in [4.78, 5) is 41.4. The fraction of sp³-hybridized carbons (Fsp3) is 0.238. The second-order valence-corrected chi connectivity index (χ2v) is 7.89. The van der Waals surface area contributed by atoms with E-state index in [9.17, 15) is 14.4 Å². The Balaban J connectivity index is 2.08. The minimum absolute atomic E-state index is 0.0658. The summed E-state index contributed by atoms with van der Waals surface area (Å²) in [6, 6.07) is 10.3. The molecule has 0 fully saturated rings. The Bertz CT molecular complexity index is 1210. The highest BCUT2D eigenvalue weighted by Gasteiger charge is 2.18. The number of hydrogen-bond acceptors (Lipinski definition) is 7. The molecule has 3 rings (SSSR count). The second-order valence-electron chi connectivity index (χ2n) is 6.51. The molecule has 162 valence electrons. The number of carbonyl (C=O) groups is 2. The van der Waals surface area contributed by atoms with Gasteiger partial charge in [0.05, 0.1) is 36.6 Å². The van der Waals surface area contributed by atoms with Crippen LogP contribution in [0.25, 0.3) is 16.6 Å². The van der Waals surface area contributed by atoms with Crippen LogP contribution < -0.4 is 15.6 Å². The quantitative estimate of drug-likeness (QED) is 0.328. The Morgan fingerprint density at radius 3 is 2.68 bits per heavy atom. The van der Waals surface area contributed by atoms with Gasteiger partial charge in [-0.05, 0) is 42.8 Å². The van der Waals surface area contributed by atoms with Gasteiger partial charge in [0, 0.05) is 5.02 Å². The van der Waals surface area contributed by atoms with Crippen LogP contribution in [-0.2, 0) is 14.3 Å². The van der Waals surface area contributed by atoms with Crippen molar-refractivity contribution >= 4 is 46.1 Å². The van der Waals surface area contributed by atoms with Crippen molar-refractivity contribution in [3.63, 3.8) is 0 Å². The van der Waals surface area contributed by atoms with Gasteiger partial charge in [0.2, 0.25) is 5.91 Å². The molecule has 0 radical (unpaired) electrons. The van der Waals surface area contributed by atoms with Crippen molar-refractivity contribution in [3.05, 3.63) is 57.3 Å². The number of aryl methyl sites for hydroxylation is 1. The predicted octanol–water partition coefficient (Wildman–Crippen LogP) is 2.74. The number of hydrogen-bond donors (Lipinski definition) is 1. The molecule has 0 aliphatic heterocycles. The zero-order valence-electron chi connectivity index (χ0n) is 17.1. The molecule has 0 unspecified atom stereocenters. The van der Waals surface area contributed by atoms with Gasteiger partial charge < -0.3 is 14.8 Å². The minimum Gasteiger partial charge on any atom is -0.495 e. The molecule has 2 aromatic carbocycles. The predicted molar refractivity (Wildman–Crippen MR) is 119 cm³/mol. The summed E-state index contributed by atoms with van der Waals surface area (Å²) in [6.07, 6.45) is 0. The fourth-order valence-corrected chi connectivity index (χ4v) is 3.85. The summed E-state index contributed by atoms with van der Waals surface area (Å²) >= 11 is 7.14. The lowest BCUT2D eigenvalue weighted by atomic mass is 10.2. The van der Waals surface area contributed by atoms with Crippen LogP contribution in [0.4, 0.5) is 0 Å². The SMILES string of the molecule is COC(=O)CNC(=O)CSc1nc2cc(Cl)ccc2c(=O)n1-c1cc(C)ccc1OC. The normalized spacial score (nSPS) is 10.7. The second kappa shape index (κ2) is 9.84. The molecule has 0 spiro atoms. The van der Waals surface area contributed by atoms with Crippen LogP contribution in [0.15, 0.2) is 46.3 Å². The molecular weight excluding hydrogens is 442 g/mol. The van der Waals surface area contributed by atoms with E-state index in [1.165, 1.54) is 18.8 Å². The maximum atomic E-state index is 13.4. The highest BCUT2D eigenvalue weighted by atomic mass is 35.5. The van der Waals surface area contributed by atoms with E-state index in [2.05, 4.69) is 15.0 Å². The van der Waals surface area contributed by atoms with Crippen LogP contribution in [0.1, 0.15) is 5.56 Å². The third-order valence-electron chi connectivity index (χ3n) is 4.37. The maximum Gasteiger partial charge on any atom is 0.325 e. The molecule has 8 nitrogen and oxygen atoms in total. The fourth-order valence-electron chi connectivity index (χ4n) is 2.85. The average molecular weight is 462 g/mol. The topological polar surface area (TPSA) is 99.5 Å². The summed E-state index contributed by atoms with van der Waals surface area (Å²) in [5, 5.41) is 3.57. The summed E-state index contributed by atoms with van der Waals surface area (Å²) < 4.78 is 11.4. The van der Waals surface area contributed by atoms with Gasteiger partial charge in [0.25, 0.3) is 5.56 Å². The van der Waals surface area contributed by atoms with Gasteiger partial charge in [-0.2, -0.15) is 0 Å². The number of esters is 1. The molecule has 31 heavy (non-hydrogen) atoms. The lowest BCUT2D eigenvalue weighted by molar-refractivity contribution is -0.140. The van der Waals surface area contributed by atoms with E-state index in [4.69, 9.17) is 16.3 Å². The van der Waals surface area contributed by atoms with E-state index in [1.807, 2.05) is 19.1 Å². The largest absolute Gasteiger partial charge is 0.495 e. The van der Waals surface area contributed by atoms with Crippen LogP contribution >= 0.6 is 23.4 Å². The number of nitrogens with zero attached hydrogens (tertiary/aromatic N) is 2. The molecule has 1 amide bonds. The number of rotatable bonds is 7. The van der Waals surface area contributed by atoms with E-state index < -0.39 is 11.9 Å². The summed E-state index contributed by atoms with van der Waals surface area (Å²) in [5.74, 6) is -0.541. The molecule has 1 heterocycles. The Morgan fingerprint density at radius 1 is 1.19 bits per heavy atom. The smallest absolute Gasteiger partial charge is 0.325 e. The number of methoxy groups -OCH3 is 2. The van der Waals surface area contributed by atoms with E-state index >= 15 is 0 Å². The van der Waals surface area contributed by atoms with Gasteiger partial charge in [0.1, 0.15) is 12.3 Å². The number of nitrogens with one attached hydrogen (secondary N) is 1. The number of fused-ring (bicyclic) bond motifs is 1. The van der Waals surface area contributed by atoms with E-state index in [0.29, 0.717) is 27.4 Å². The number of benzene rings is 2. The maximum absolute atomic E-state index is 13.4. The van der Waals surface area contributed by atoms with Crippen LogP contribution in [-0.4, -0.2) is 47.9 Å². The summed E-state index contributed by atoms with van der Waals surface area (Å²) in [7, 11) is 2.75. The Kier molecular flexibility index (Phi) is 7.19. The lowest BCUT2D eigenvalue weighted by Gasteiger charge is -2.16. The van der Waals surface area contributed by atoms with Crippen LogP contribution in [0.5, 0.6) is 5.75 Å². The van der Waals surface area contributed by atoms with Crippen molar-refractivity contribution in [2.24, 2.45) is 0 Å². The van der Waals surface area contributed by atoms with E-state index in [1.54, 1.807) is 24.3 Å². The molecule has 10 heteroatoms. The number of aromatic nitrogens is 2. The molecular formula is C21H20ClN3O5S. The average Bonchev–Trinajstić information content (AvgIpc) is 2.75. The first kappa shape index (κ1) is 22.6. The first-order valence-corrected chi connectivity index (χ1v) is 10.5. The first-order valence-electron chi connectivity index (χ1n) is 9.17. The van der Waals surface area contributed by atoms with Gasteiger partial charge in [-0.1, -0.05) is 29.4 Å². The van der Waals surface area contributed by atoms with Crippen LogP contribution in [0.3, 0.4) is 0 Å². The Hall–Kier alpha value is -3.04. The van der Waals surface area contributed by atoms with Crippen molar-refractivity contribution in [2.45, 2.75) is 12.1 Å². The van der Waals surface area contributed by atoms with E-state index in [-0.39, 0.29) is 23.0 Å². The van der Waals surface area contributed by atoms with Crippen LogP contribution in [0, 0.1) is 6.92 Å². The van der Waals surface area contributed by atoms with Crippen LogP contribution in [0.2, 0.25) is 5.02 Å². The standard InChI is InChI=1S/C21H20ClN3O5S/c1-12-4-7-17(29-2)16(8-12)25-20(28)14-6-5-13(22)9-15(14)24-21(25)31-11-18(26)23-10-19(27)30-3/h4-9H,10-11H2,1-3H3,(H,23,26). The Morgan fingerprint density at radius 2 is 1.97 bits per heavy atom. The van der Waals surface area contributed by atoms with Crippen molar-refractivity contribution in [3.8, 4) is 11.4 Å². The summed E-state index contributed by atoms with van der Waals surface area (Å²) in [6.45, 7) is 1.66. The molecule has 0 bridgehead atoms. The van der Waals surface area contributed by atoms with Gasteiger partial charge >= 0.3 is 5.97 Å². The Labute approximate surface area is 187 Å². The number of halogens is 1. The molecule has 0 aliphatic rings. The van der Waals surface area contributed by atoms with E-state index in [0.717, 1.165) is 17.3 Å². The zero-order valence-corrected chi connectivity index (χ0v) is 18.7. The first-order chi connectivity index (χ1) is 14.8. The summed E-state index contributed by atoms with van der Waals surface area (Å²) in [5.41, 5.74) is 1.53. The van der Waals surface area contributed by atoms with Crippen molar-refractivity contribution in [1.29, 1.82) is 0 Å². The number of carbonyl (C=O) groups excluding carboxylic acids is 2. The number of thioether (sulfide) groups is 1. The zero-order chi connectivity index (χ0) is 22.5. The van der Waals surface area contributed by atoms with Gasteiger partial charge in [-0.25, -0.2) is 4.98 Å². The molecule has 0 saturated heterocycles. The van der Waals surface area contributed by atoms with Gasteiger partial charge in [-0.3, -0.25) is 19.0 Å². The third-order valence-corrected chi connectivity index (χ3v) is 5.54. The minimum atomic E-state index is -0.557. The lowest BCUT2D eigenvalue weighted by Crippen LogP contribution is -2.31.